The van der Waals surface area contributed by atoms with Gasteiger partial charge < -0.3 is 10.4 Å². The first-order valence-electron chi connectivity index (χ1n) is 11.3. The molecule has 0 saturated heterocycles. The largest absolute Gasteiger partial charge is 0.508 e. The van der Waals surface area contributed by atoms with Crippen molar-refractivity contribution >= 4 is 49.0 Å². The molecule has 0 aliphatic heterocycles. The third-order valence-electron chi connectivity index (χ3n) is 5.84. The molecule has 0 aliphatic rings. The Kier molecular flexibility index (Phi) is 6.43. The van der Waals surface area contributed by atoms with Gasteiger partial charge in [0.15, 0.2) is 10.0 Å². The van der Waals surface area contributed by atoms with Crippen LogP contribution < -0.4 is 5.32 Å². The predicted octanol–water partition coefficient (Wildman–Crippen LogP) is 5.11. The third kappa shape index (κ3) is 4.74. The van der Waals surface area contributed by atoms with E-state index in [-0.39, 0.29) is 18.1 Å². The van der Waals surface area contributed by atoms with Crippen molar-refractivity contribution in [1.82, 2.24) is 8.96 Å². The van der Waals surface area contributed by atoms with Gasteiger partial charge in [-0.05, 0) is 48.9 Å². The Morgan fingerprint density at radius 1 is 1.11 bits per heavy atom. The average Bonchev–Trinajstić information content (AvgIpc) is 3.47. The number of hydrogen-bond acceptors (Lipinski definition) is 8. The van der Waals surface area contributed by atoms with E-state index in [4.69, 9.17) is 0 Å². The number of thiazole rings is 1. The number of phenols is 1. The molecule has 192 valence electrons. The van der Waals surface area contributed by atoms with Gasteiger partial charge in [-0.2, -0.15) is 0 Å². The van der Waals surface area contributed by atoms with Crippen molar-refractivity contribution < 1.29 is 23.2 Å². The van der Waals surface area contributed by atoms with Gasteiger partial charge in [0.25, 0.3) is 15.7 Å². The molecule has 38 heavy (non-hydrogen) atoms. The summed E-state index contributed by atoms with van der Waals surface area (Å²) in [5.41, 5.74) is 1.89. The summed E-state index contributed by atoms with van der Waals surface area (Å²) >= 11 is 1.31. The first kappa shape index (κ1) is 25.1. The van der Waals surface area contributed by atoms with Crippen LogP contribution in [-0.2, 0) is 21.2 Å². The molecule has 3 aromatic carbocycles. The topological polar surface area (TPSA) is 144 Å². The van der Waals surface area contributed by atoms with Crippen molar-refractivity contribution in [3.63, 3.8) is 0 Å². The monoisotopic (exact) mass is 548 g/mol. The van der Waals surface area contributed by atoms with E-state index in [2.05, 4.69) is 10.3 Å². The molecule has 0 aliphatic carbocycles. The number of aryl methyl sites for hydroxylation is 1. The van der Waals surface area contributed by atoms with Crippen molar-refractivity contribution in [1.29, 1.82) is 0 Å². The van der Waals surface area contributed by atoms with Gasteiger partial charge >= 0.3 is 0 Å². The number of nitro groups is 1. The van der Waals surface area contributed by atoms with Crippen LogP contribution in [0.15, 0.2) is 83.9 Å². The normalized spacial score (nSPS) is 11.5. The summed E-state index contributed by atoms with van der Waals surface area (Å²) in [7, 11) is -4.22. The molecule has 2 heterocycles. The highest BCUT2D eigenvalue weighted by molar-refractivity contribution is 7.90. The number of nitrogens with zero attached hydrogens (tertiary/aromatic N) is 3. The molecular weight excluding hydrogens is 528 g/mol. The Morgan fingerprint density at radius 3 is 2.66 bits per heavy atom. The summed E-state index contributed by atoms with van der Waals surface area (Å²) in [6, 6.07) is 18.4. The number of fused-ring (bicyclic) bond motifs is 1. The van der Waals surface area contributed by atoms with E-state index in [9.17, 15) is 28.4 Å². The van der Waals surface area contributed by atoms with E-state index in [1.165, 1.54) is 47.9 Å². The minimum atomic E-state index is -4.22. The molecule has 0 bridgehead atoms. The number of carbonyl (C=O) groups excluding carboxylic acids is 1. The van der Waals surface area contributed by atoms with Gasteiger partial charge in [0, 0.05) is 28.1 Å². The number of phenolic OH excluding ortho intramolecular Hbond substituents is 1. The molecule has 0 atom stereocenters. The standard InChI is InChI=1S/C26H20N4O6S2/c1-16-25(28-26(37-16)27-24(32)14-17-5-4-6-20(31)13-17)19-9-10-21-18(15-19)11-12-29(21)38(35,36)23-8-3-2-7-22(23)30(33)34/h2-13,15,31H,14H2,1H3,(H,27,28,32). The van der Waals surface area contributed by atoms with Crippen LogP contribution in [0, 0.1) is 17.0 Å². The van der Waals surface area contributed by atoms with Gasteiger partial charge in [0.1, 0.15) is 5.75 Å². The molecule has 12 heteroatoms. The smallest absolute Gasteiger partial charge is 0.289 e. The van der Waals surface area contributed by atoms with E-state index < -0.39 is 25.5 Å². The zero-order valence-electron chi connectivity index (χ0n) is 19.9. The number of para-hydroxylation sites is 1. The first-order chi connectivity index (χ1) is 18.1. The maximum Gasteiger partial charge on any atom is 0.289 e. The number of anilines is 1. The summed E-state index contributed by atoms with van der Waals surface area (Å²) in [5.74, 6) is -0.190. The van der Waals surface area contributed by atoms with Crippen LogP contribution in [0.3, 0.4) is 0 Å². The number of aromatic hydroxyl groups is 1. The number of rotatable bonds is 7. The van der Waals surface area contributed by atoms with E-state index in [0.29, 0.717) is 27.3 Å². The first-order valence-corrected chi connectivity index (χ1v) is 13.5. The lowest BCUT2D eigenvalue weighted by molar-refractivity contribution is -0.387. The van der Waals surface area contributed by atoms with Gasteiger partial charge in [0.05, 0.1) is 22.6 Å². The van der Waals surface area contributed by atoms with Crippen LogP contribution in [0.1, 0.15) is 10.4 Å². The predicted molar refractivity (Wildman–Crippen MR) is 144 cm³/mol. The fraction of sp³-hybridized carbons (Fsp3) is 0.0769. The second kappa shape index (κ2) is 9.72. The van der Waals surface area contributed by atoms with Crippen LogP contribution in [0.4, 0.5) is 10.8 Å². The van der Waals surface area contributed by atoms with Crippen molar-refractivity contribution in [3.8, 4) is 17.0 Å². The van der Waals surface area contributed by atoms with E-state index in [1.54, 1.807) is 36.4 Å². The van der Waals surface area contributed by atoms with Crippen molar-refractivity contribution in [2.45, 2.75) is 18.2 Å². The molecular formula is C26H20N4O6S2. The Bertz CT molecular complexity index is 1820. The van der Waals surface area contributed by atoms with Gasteiger partial charge in [-0.1, -0.05) is 30.3 Å². The Hall–Kier alpha value is -4.55. The summed E-state index contributed by atoms with van der Waals surface area (Å²) < 4.78 is 27.6. The van der Waals surface area contributed by atoms with Crippen LogP contribution >= 0.6 is 11.3 Å². The quantitative estimate of drug-likeness (QED) is 0.212. The van der Waals surface area contributed by atoms with Crippen LogP contribution in [0.5, 0.6) is 5.75 Å². The highest BCUT2D eigenvalue weighted by Crippen LogP contribution is 2.34. The number of aromatic nitrogens is 2. The summed E-state index contributed by atoms with van der Waals surface area (Å²) in [4.78, 5) is 28.2. The third-order valence-corrected chi connectivity index (χ3v) is 8.47. The van der Waals surface area contributed by atoms with Gasteiger partial charge in [0.2, 0.25) is 5.91 Å². The summed E-state index contributed by atoms with van der Waals surface area (Å²) in [6.07, 6.45) is 1.44. The van der Waals surface area contributed by atoms with Crippen LogP contribution in [-0.4, -0.2) is 33.3 Å². The fourth-order valence-electron chi connectivity index (χ4n) is 4.14. The summed E-state index contributed by atoms with van der Waals surface area (Å²) in [6.45, 7) is 1.87. The lowest BCUT2D eigenvalue weighted by atomic mass is 10.1. The van der Waals surface area contributed by atoms with Crippen LogP contribution in [0.25, 0.3) is 22.2 Å². The molecule has 5 rings (SSSR count). The number of amides is 1. The molecule has 2 aromatic heterocycles. The highest BCUT2D eigenvalue weighted by Gasteiger charge is 2.28. The maximum atomic E-state index is 13.3. The number of benzene rings is 3. The molecule has 1 amide bonds. The van der Waals surface area contributed by atoms with E-state index in [1.807, 2.05) is 6.92 Å². The van der Waals surface area contributed by atoms with E-state index in [0.717, 1.165) is 20.5 Å². The lowest BCUT2D eigenvalue weighted by Gasteiger charge is -2.08. The van der Waals surface area contributed by atoms with Crippen molar-refractivity contribution in [2.75, 3.05) is 5.32 Å². The van der Waals surface area contributed by atoms with Gasteiger partial charge in [-0.25, -0.2) is 17.4 Å². The van der Waals surface area contributed by atoms with Crippen molar-refractivity contribution in [2.24, 2.45) is 0 Å². The molecule has 0 saturated carbocycles. The lowest BCUT2D eigenvalue weighted by Crippen LogP contribution is -2.14. The van der Waals surface area contributed by atoms with Gasteiger partial charge in [-0.15, -0.1) is 11.3 Å². The number of nitrogens with one attached hydrogen (secondary N) is 1. The second-order valence-corrected chi connectivity index (χ2v) is 11.4. The molecule has 0 fully saturated rings. The minimum absolute atomic E-state index is 0.0793. The molecule has 10 nitrogen and oxygen atoms in total. The van der Waals surface area contributed by atoms with Crippen molar-refractivity contribution in [3.05, 3.63) is 99.5 Å². The highest BCUT2D eigenvalue weighted by atomic mass is 32.2. The minimum Gasteiger partial charge on any atom is -0.508 e. The molecule has 0 spiro atoms. The number of carbonyl (C=O) groups is 1. The Labute approximate surface area is 221 Å². The zero-order valence-corrected chi connectivity index (χ0v) is 21.5. The fourth-order valence-corrected chi connectivity index (χ4v) is 6.51. The number of hydrogen-bond donors (Lipinski definition) is 2. The SMILES string of the molecule is Cc1sc(NC(=O)Cc2cccc(O)c2)nc1-c1ccc2c(ccn2S(=O)(=O)c2ccccc2[N+](=O)[O-])c1. The summed E-state index contributed by atoms with van der Waals surface area (Å²) in [5, 5.41) is 24.8. The molecule has 0 radical (unpaired) electrons. The number of nitro benzene ring substituents is 1. The maximum absolute atomic E-state index is 13.3. The molecule has 2 N–H and O–H groups in total. The Balaban J connectivity index is 1.42. The Morgan fingerprint density at radius 2 is 1.89 bits per heavy atom. The molecule has 0 unspecified atom stereocenters. The van der Waals surface area contributed by atoms with E-state index >= 15 is 0 Å². The molecule has 5 aromatic rings. The van der Waals surface area contributed by atoms with Crippen LogP contribution in [0.2, 0.25) is 0 Å². The average molecular weight is 549 g/mol. The van der Waals surface area contributed by atoms with Gasteiger partial charge in [-0.3, -0.25) is 14.9 Å². The zero-order chi connectivity index (χ0) is 27.0. The second-order valence-electron chi connectivity index (χ2n) is 8.43.